The van der Waals surface area contributed by atoms with Crippen molar-refractivity contribution < 1.29 is 33.4 Å². The number of hydrogen-bond donors (Lipinski definition) is 2. The number of nitrogens with zero attached hydrogens (tertiary/aromatic N) is 1. The number of aromatic amines is 1. The van der Waals surface area contributed by atoms with Crippen LogP contribution in [0.15, 0.2) is 70.5 Å². The van der Waals surface area contributed by atoms with Gasteiger partial charge < -0.3 is 24.5 Å². The number of aromatic nitrogens is 1. The third-order valence-electron chi connectivity index (χ3n) is 7.65. The van der Waals surface area contributed by atoms with Gasteiger partial charge in [0.25, 0.3) is 5.91 Å². The molecule has 2 N–H and O–H groups in total. The maximum absolute atomic E-state index is 14.1. The molecule has 1 aromatic heterocycles. The number of thiazole rings is 1. The Bertz CT molecular complexity index is 1980. The quantitative estimate of drug-likeness (QED) is 0.146. The van der Waals surface area contributed by atoms with Crippen molar-refractivity contribution in [3.63, 3.8) is 0 Å². The number of ether oxygens (including phenoxy) is 3. The van der Waals surface area contributed by atoms with Gasteiger partial charge in [0.2, 0.25) is 11.8 Å². The lowest BCUT2D eigenvalue weighted by Crippen LogP contribution is -2.32. The summed E-state index contributed by atoms with van der Waals surface area (Å²) < 4.78 is 16.7. The number of amides is 3. The Balaban J connectivity index is 1.28. The summed E-state index contributed by atoms with van der Waals surface area (Å²) in [5.41, 5.74) is 1.69. The highest BCUT2D eigenvalue weighted by atomic mass is 35.5. The second-order valence-electron chi connectivity index (χ2n) is 10.6. The Kier molecular flexibility index (Phi) is 9.83. The highest BCUT2D eigenvalue weighted by Crippen LogP contribution is 2.53. The molecule has 3 aromatic carbocycles. The SMILES string of the molecule is CCOC(=O)c1ccc(N2C(=O)C3Sc4[nH]c(=O)sc4[C@H](c4ccc(OCC(=O)Nc5ccc(Cl)c(Cl)c5)c(OCC)c4)C3C2=O)cc1. The third kappa shape index (κ3) is 6.55. The highest BCUT2D eigenvalue weighted by molar-refractivity contribution is 8.00. The molecule has 0 radical (unpaired) electrons. The summed E-state index contributed by atoms with van der Waals surface area (Å²) in [7, 11) is 0. The van der Waals surface area contributed by atoms with Gasteiger partial charge in [0.05, 0.1) is 45.5 Å². The van der Waals surface area contributed by atoms with Crippen LogP contribution in [0, 0.1) is 5.92 Å². The molecule has 0 saturated carbocycles. The van der Waals surface area contributed by atoms with E-state index < -0.39 is 40.8 Å². The summed E-state index contributed by atoms with van der Waals surface area (Å²) in [4.78, 5) is 69.5. The molecule has 2 aliphatic heterocycles. The number of carbonyl (C=O) groups excluding carboxylic acids is 4. The lowest BCUT2D eigenvalue weighted by molar-refractivity contribution is -0.122. The fourth-order valence-electron chi connectivity index (χ4n) is 5.61. The van der Waals surface area contributed by atoms with Gasteiger partial charge in [-0.3, -0.25) is 19.2 Å². The van der Waals surface area contributed by atoms with E-state index in [2.05, 4.69) is 10.3 Å². The maximum atomic E-state index is 14.1. The summed E-state index contributed by atoms with van der Waals surface area (Å²) >= 11 is 14.1. The van der Waals surface area contributed by atoms with Crippen molar-refractivity contribution in [1.29, 1.82) is 0 Å². The minimum Gasteiger partial charge on any atom is -0.490 e. The van der Waals surface area contributed by atoms with Crippen LogP contribution in [0.5, 0.6) is 11.5 Å². The topological polar surface area (TPSA) is 144 Å². The first-order chi connectivity index (χ1) is 23.1. The number of fused-ring (bicyclic) bond motifs is 2. The van der Waals surface area contributed by atoms with Crippen molar-refractivity contribution in [3.8, 4) is 11.5 Å². The average Bonchev–Trinajstić information content (AvgIpc) is 3.56. The van der Waals surface area contributed by atoms with Gasteiger partial charge in [-0.25, -0.2) is 9.69 Å². The lowest BCUT2D eigenvalue weighted by Gasteiger charge is -2.30. The normalized spacial score (nSPS) is 18.2. The summed E-state index contributed by atoms with van der Waals surface area (Å²) in [6.45, 7) is 3.64. The first-order valence-electron chi connectivity index (χ1n) is 14.8. The number of anilines is 2. The summed E-state index contributed by atoms with van der Waals surface area (Å²) in [5, 5.41) is 3.05. The Morgan fingerprint density at radius 3 is 2.38 bits per heavy atom. The number of imide groups is 1. The zero-order valence-electron chi connectivity index (χ0n) is 25.4. The molecule has 0 aliphatic carbocycles. The highest BCUT2D eigenvalue weighted by Gasteiger charge is 2.56. The van der Waals surface area contributed by atoms with Crippen LogP contribution in [-0.4, -0.2) is 53.7 Å². The van der Waals surface area contributed by atoms with E-state index in [0.717, 1.165) is 28.0 Å². The minimum absolute atomic E-state index is 0.214. The van der Waals surface area contributed by atoms with Crippen molar-refractivity contribution in [2.75, 3.05) is 30.0 Å². The van der Waals surface area contributed by atoms with Gasteiger partial charge in [0, 0.05) is 16.5 Å². The molecule has 2 aliphatic rings. The Morgan fingerprint density at radius 1 is 0.896 bits per heavy atom. The second kappa shape index (κ2) is 14.0. The van der Waals surface area contributed by atoms with Crippen molar-refractivity contribution in [2.24, 2.45) is 5.92 Å². The molecular formula is C33H27Cl2N3O8S2. The molecule has 6 rings (SSSR count). The van der Waals surface area contributed by atoms with Gasteiger partial charge in [0.15, 0.2) is 18.1 Å². The lowest BCUT2D eigenvalue weighted by atomic mass is 9.83. The van der Waals surface area contributed by atoms with Gasteiger partial charge >= 0.3 is 10.8 Å². The van der Waals surface area contributed by atoms with Crippen molar-refractivity contribution in [1.82, 2.24) is 4.98 Å². The number of rotatable bonds is 10. The van der Waals surface area contributed by atoms with E-state index in [9.17, 15) is 24.0 Å². The van der Waals surface area contributed by atoms with Gasteiger partial charge in [-0.15, -0.1) is 0 Å². The number of esters is 1. The molecule has 0 spiro atoms. The molecule has 1 saturated heterocycles. The number of halogens is 2. The van der Waals surface area contributed by atoms with Crippen molar-refractivity contribution in [2.45, 2.75) is 30.0 Å². The van der Waals surface area contributed by atoms with Gasteiger partial charge in [-0.2, -0.15) is 0 Å². The average molecular weight is 729 g/mol. The molecule has 3 amide bonds. The summed E-state index contributed by atoms with van der Waals surface area (Å²) in [6, 6.07) is 15.9. The standard InChI is InChI=1S/C33H27Cl2N3O8S2/c1-3-44-23-13-17(7-12-22(23)46-15-24(39)36-18-8-11-20(34)21(35)14-18)25-26-28(47-29-27(25)48-33(43)37-29)31(41)38(30(26)40)19-9-5-16(6-10-19)32(42)45-4-2/h5-14,25-26,28H,3-4,15H2,1-2H3,(H,36,39)(H,37,43)/t25-,26?,28?/m1/s1. The van der Waals surface area contributed by atoms with Crippen LogP contribution in [-0.2, 0) is 19.1 Å². The molecule has 1 fully saturated rings. The molecule has 3 heterocycles. The fourth-order valence-corrected chi connectivity index (χ4v) is 8.42. The Morgan fingerprint density at radius 2 is 1.67 bits per heavy atom. The number of thioether (sulfide) groups is 1. The predicted molar refractivity (Wildman–Crippen MR) is 183 cm³/mol. The minimum atomic E-state index is -0.843. The molecule has 2 unspecified atom stereocenters. The smallest absolute Gasteiger partial charge is 0.338 e. The molecule has 3 atom stereocenters. The number of nitrogens with one attached hydrogen (secondary N) is 2. The zero-order chi connectivity index (χ0) is 34.1. The van der Waals surface area contributed by atoms with Crippen LogP contribution in [0.4, 0.5) is 11.4 Å². The van der Waals surface area contributed by atoms with Gasteiger partial charge in [-0.05, 0) is 74.0 Å². The van der Waals surface area contributed by atoms with Crippen molar-refractivity contribution in [3.05, 3.63) is 96.4 Å². The number of hydrogen-bond acceptors (Lipinski definition) is 10. The van der Waals surface area contributed by atoms with Crippen LogP contribution >= 0.6 is 46.3 Å². The largest absolute Gasteiger partial charge is 0.490 e. The predicted octanol–water partition coefficient (Wildman–Crippen LogP) is 6.13. The molecule has 15 heteroatoms. The van der Waals surface area contributed by atoms with Gasteiger partial charge in [0.1, 0.15) is 5.25 Å². The molecular weight excluding hydrogens is 701 g/mol. The zero-order valence-corrected chi connectivity index (χ0v) is 28.6. The maximum Gasteiger partial charge on any atom is 0.338 e. The number of carbonyl (C=O) groups is 4. The Hall–Kier alpha value is -4.30. The van der Waals surface area contributed by atoms with Crippen LogP contribution < -0.4 is 24.6 Å². The van der Waals surface area contributed by atoms with Crippen LogP contribution in [0.1, 0.15) is 40.6 Å². The number of H-pyrrole nitrogens is 1. The van der Waals surface area contributed by atoms with E-state index in [1.807, 2.05) is 0 Å². The van der Waals surface area contributed by atoms with E-state index >= 15 is 0 Å². The monoisotopic (exact) mass is 727 g/mol. The summed E-state index contributed by atoms with van der Waals surface area (Å²) in [6.07, 6.45) is 0. The first-order valence-corrected chi connectivity index (χ1v) is 17.2. The second-order valence-corrected chi connectivity index (χ2v) is 13.6. The third-order valence-corrected chi connectivity index (χ3v) is 10.8. The van der Waals surface area contributed by atoms with E-state index in [0.29, 0.717) is 48.2 Å². The molecule has 11 nitrogen and oxygen atoms in total. The van der Waals surface area contributed by atoms with Crippen LogP contribution in [0.3, 0.4) is 0 Å². The molecule has 48 heavy (non-hydrogen) atoms. The molecule has 0 bridgehead atoms. The van der Waals surface area contributed by atoms with Gasteiger partial charge in [-0.1, -0.05) is 52.4 Å². The first kappa shape index (κ1) is 33.6. The van der Waals surface area contributed by atoms with E-state index in [4.69, 9.17) is 37.4 Å². The molecule has 248 valence electrons. The van der Waals surface area contributed by atoms with Crippen LogP contribution in [0.25, 0.3) is 0 Å². The van der Waals surface area contributed by atoms with Crippen molar-refractivity contribution >= 4 is 81.4 Å². The fraction of sp³-hybridized carbons (Fsp3) is 0.242. The number of benzene rings is 3. The van der Waals surface area contributed by atoms with Crippen LogP contribution in [0.2, 0.25) is 10.0 Å². The van der Waals surface area contributed by atoms with E-state index in [1.54, 1.807) is 44.2 Å². The summed E-state index contributed by atoms with van der Waals surface area (Å²) in [5.74, 6) is -2.73. The Labute approximate surface area is 292 Å². The van der Waals surface area contributed by atoms with E-state index in [-0.39, 0.29) is 30.4 Å². The molecule has 4 aromatic rings. The van der Waals surface area contributed by atoms with E-state index in [1.165, 1.54) is 30.3 Å².